The van der Waals surface area contributed by atoms with Gasteiger partial charge < -0.3 is 24.8 Å². The first kappa shape index (κ1) is 36.0. The average molecular weight is 712 g/mol. The van der Waals surface area contributed by atoms with Gasteiger partial charge in [0.05, 0.1) is 31.2 Å². The van der Waals surface area contributed by atoms with E-state index in [-0.39, 0.29) is 29.4 Å². The Kier molecular flexibility index (Phi) is 9.84. The average Bonchev–Trinajstić information content (AvgIpc) is 3.81. The van der Waals surface area contributed by atoms with Crippen molar-refractivity contribution in [2.75, 3.05) is 40.4 Å². The summed E-state index contributed by atoms with van der Waals surface area (Å²) in [6.07, 6.45) is 5.43. The quantitative estimate of drug-likeness (QED) is 0.226. The number of nitrogens with zero attached hydrogens (tertiary/aromatic N) is 4. The van der Waals surface area contributed by atoms with Gasteiger partial charge in [-0.25, -0.2) is 9.48 Å². The lowest BCUT2D eigenvalue weighted by Crippen LogP contribution is -2.70. The van der Waals surface area contributed by atoms with E-state index in [1.807, 2.05) is 41.3 Å². The van der Waals surface area contributed by atoms with Gasteiger partial charge in [0.2, 0.25) is 0 Å². The number of amides is 2. The molecular formula is C41H53N5O6. The largest absolute Gasteiger partial charge is 0.496 e. The molecule has 52 heavy (non-hydrogen) atoms. The maximum atomic E-state index is 14.3. The van der Waals surface area contributed by atoms with E-state index >= 15 is 0 Å². The molecular weight excluding hydrogens is 658 g/mol. The molecule has 3 aromatic rings. The van der Waals surface area contributed by atoms with Gasteiger partial charge in [-0.2, -0.15) is 5.10 Å². The standard InChI is InChI=1S/C41H53N5O6/c1-7-44(8-2)30-14-15-45(23-30)39(48)27-12-13-33(31(21-27)24(3)4)46-34(37-35(51-5)10-9-11-36(37)52-6)22-32(43-46)38(47)42-41(40(49)50)28-17-25-16-26(19-28)20-29(41)18-25/h9-13,21-22,24-26,28-30H,7-8,14-20,23H2,1-6H3,(H,42,47)(H,49,50). The minimum Gasteiger partial charge on any atom is -0.496 e. The molecule has 1 atom stereocenters. The zero-order chi connectivity index (χ0) is 36.9. The van der Waals surface area contributed by atoms with Crippen LogP contribution >= 0.6 is 0 Å². The molecule has 0 spiro atoms. The molecule has 5 aliphatic rings. The molecule has 1 unspecified atom stereocenters. The first-order chi connectivity index (χ1) is 25.0. The van der Waals surface area contributed by atoms with E-state index in [2.05, 4.69) is 37.9 Å². The number of carbonyl (C=O) groups is 3. The topological polar surface area (TPSA) is 126 Å². The monoisotopic (exact) mass is 711 g/mol. The van der Waals surface area contributed by atoms with Crippen molar-refractivity contribution < 1.29 is 29.0 Å². The van der Waals surface area contributed by atoms with Gasteiger partial charge in [0, 0.05) is 24.7 Å². The van der Waals surface area contributed by atoms with Gasteiger partial charge >= 0.3 is 5.97 Å². The third-order valence-corrected chi connectivity index (χ3v) is 12.6. The van der Waals surface area contributed by atoms with Gasteiger partial charge in [0.25, 0.3) is 11.8 Å². The van der Waals surface area contributed by atoms with Crippen LogP contribution in [0.25, 0.3) is 16.9 Å². The van der Waals surface area contributed by atoms with Crippen molar-refractivity contribution in [2.45, 2.75) is 83.7 Å². The summed E-state index contributed by atoms with van der Waals surface area (Å²) in [4.78, 5) is 45.7. The molecule has 2 aromatic carbocycles. The van der Waals surface area contributed by atoms with E-state index in [4.69, 9.17) is 14.6 Å². The first-order valence-electron chi connectivity index (χ1n) is 19.1. The zero-order valence-electron chi connectivity index (χ0n) is 31.4. The number of aromatic nitrogens is 2. The van der Waals surface area contributed by atoms with Gasteiger partial charge in [-0.15, -0.1) is 0 Å². The number of carbonyl (C=O) groups excluding carboxylic acids is 2. The summed E-state index contributed by atoms with van der Waals surface area (Å²) in [7, 11) is 3.16. The number of methoxy groups -OCH3 is 2. The molecule has 4 aliphatic carbocycles. The molecule has 8 rings (SSSR count). The minimum absolute atomic E-state index is 0.00182. The van der Waals surface area contributed by atoms with Gasteiger partial charge in [-0.05, 0) is 123 Å². The normalized spacial score (nSPS) is 26.3. The SMILES string of the molecule is CCN(CC)C1CCN(C(=O)c2ccc(-n3nc(C(=O)NC4(C(=O)O)C5CC6CC(C5)CC4C6)cc3-c3c(OC)cccc3OC)c(C(C)C)c2)C1. The Morgan fingerprint density at radius 2 is 1.60 bits per heavy atom. The highest BCUT2D eigenvalue weighted by Gasteiger charge is 2.62. The van der Waals surface area contributed by atoms with Crippen LogP contribution in [0.1, 0.15) is 98.5 Å². The molecule has 2 amide bonds. The summed E-state index contributed by atoms with van der Waals surface area (Å²) in [6.45, 7) is 11.8. The van der Waals surface area contributed by atoms with Crippen molar-refractivity contribution in [1.29, 1.82) is 0 Å². The number of likely N-dealkylation sites (N-methyl/N-ethyl adjacent to an activating group) is 1. The zero-order valence-corrected chi connectivity index (χ0v) is 31.4. The van der Waals surface area contributed by atoms with Crippen LogP contribution in [0.15, 0.2) is 42.5 Å². The predicted molar refractivity (Wildman–Crippen MR) is 198 cm³/mol. The summed E-state index contributed by atoms with van der Waals surface area (Å²) < 4.78 is 13.3. The van der Waals surface area contributed by atoms with Crippen LogP contribution in [0.3, 0.4) is 0 Å². The Hall–Kier alpha value is -4.38. The molecule has 4 saturated carbocycles. The van der Waals surface area contributed by atoms with Crippen LogP contribution in [-0.2, 0) is 4.79 Å². The third kappa shape index (κ3) is 6.04. The molecule has 2 N–H and O–H groups in total. The number of hydrogen-bond donors (Lipinski definition) is 2. The molecule has 1 aromatic heterocycles. The lowest BCUT2D eigenvalue weighted by molar-refractivity contribution is -0.163. The van der Waals surface area contributed by atoms with Crippen LogP contribution in [0.4, 0.5) is 0 Å². The van der Waals surface area contributed by atoms with Crippen LogP contribution in [0.2, 0.25) is 0 Å². The Bertz CT molecular complexity index is 1800. The fourth-order valence-corrected chi connectivity index (χ4v) is 10.2. The summed E-state index contributed by atoms with van der Waals surface area (Å²) in [6, 6.07) is 13.2. The minimum atomic E-state index is -1.32. The highest BCUT2D eigenvalue weighted by atomic mass is 16.5. The van der Waals surface area contributed by atoms with Crippen molar-refractivity contribution in [3.63, 3.8) is 0 Å². The number of carboxylic acid groups (broad SMARTS) is 1. The molecule has 2 heterocycles. The van der Waals surface area contributed by atoms with Gasteiger partial charge in [-0.3, -0.25) is 14.5 Å². The number of ether oxygens (including phenoxy) is 2. The van der Waals surface area contributed by atoms with Gasteiger partial charge in [0.1, 0.15) is 17.0 Å². The highest BCUT2D eigenvalue weighted by Crippen LogP contribution is 2.58. The van der Waals surface area contributed by atoms with Gasteiger partial charge in [0.15, 0.2) is 5.69 Å². The number of hydrogen-bond acceptors (Lipinski definition) is 7. The van der Waals surface area contributed by atoms with Crippen LogP contribution in [0, 0.1) is 23.7 Å². The van der Waals surface area contributed by atoms with E-state index in [0.717, 1.165) is 57.3 Å². The summed E-state index contributed by atoms with van der Waals surface area (Å²) in [5.41, 5.74) is 2.15. The first-order valence-corrected chi connectivity index (χ1v) is 19.1. The second kappa shape index (κ2) is 14.2. The summed E-state index contributed by atoms with van der Waals surface area (Å²) >= 11 is 0. The van der Waals surface area contributed by atoms with Crippen molar-refractivity contribution in [3.8, 4) is 28.4 Å². The molecule has 1 saturated heterocycles. The maximum Gasteiger partial charge on any atom is 0.330 e. The Morgan fingerprint density at radius 1 is 0.962 bits per heavy atom. The highest BCUT2D eigenvalue weighted by molar-refractivity contribution is 5.98. The summed E-state index contributed by atoms with van der Waals surface area (Å²) in [5.74, 6) is 0.474. The maximum absolute atomic E-state index is 14.3. The van der Waals surface area contributed by atoms with E-state index in [1.54, 1.807) is 25.0 Å². The van der Waals surface area contributed by atoms with E-state index in [9.17, 15) is 19.5 Å². The molecule has 11 heteroatoms. The van der Waals surface area contributed by atoms with Crippen molar-refractivity contribution >= 4 is 17.8 Å². The van der Waals surface area contributed by atoms with Crippen LogP contribution in [0.5, 0.6) is 11.5 Å². The molecule has 11 nitrogen and oxygen atoms in total. The number of rotatable bonds is 12. The lowest BCUT2D eigenvalue weighted by atomic mass is 9.48. The number of nitrogens with one attached hydrogen (secondary N) is 1. The Labute approximate surface area is 306 Å². The summed E-state index contributed by atoms with van der Waals surface area (Å²) in [5, 5.41) is 18.7. The molecule has 4 bridgehead atoms. The number of likely N-dealkylation sites (tertiary alicyclic amines) is 1. The van der Waals surface area contributed by atoms with E-state index in [0.29, 0.717) is 58.4 Å². The molecule has 1 aliphatic heterocycles. The molecule has 0 radical (unpaired) electrons. The second-order valence-electron chi connectivity index (χ2n) is 15.6. The Balaban J connectivity index is 1.29. The number of carboxylic acids is 1. The third-order valence-electron chi connectivity index (χ3n) is 12.6. The molecule has 5 fully saturated rings. The lowest BCUT2D eigenvalue weighted by Gasteiger charge is -2.59. The number of aliphatic carboxylic acids is 1. The number of benzene rings is 2. The van der Waals surface area contributed by atoms with Crippen LogP contribution < -0.4 is 14.8 Å². The smallest absolute Gasteiger partial charge is 0.330 e. The van der Waals surface area contributed by atoms with Crippen molar-refractivity contribution in [3.05, 3.63) is 59.3 Å². The van der Waals surface area contributed by atoms with E-state index in [1.165, 1.54) is 6.42 Å². The van der Waals surface area contributed by atoms with E-state index < -0.39 is 17.4 Å². The van der Waals surface area contributed by atoms with Crippen molar-refractivity contribution in [1.82, 2.24) is 24.9 Å². The molecule has 278 valence electrons. The Morgan fingerprint density at radius 3 is 2.15 bits per heavy atom. The van der Waals surface area contributed by atoms with Crippen LogP contribution in [-0.4, -0.2) is 94.4 Å². The van der Waals surface area contributed by atoms with Crippen molar-refractivity contribution in [2.24, 2.45) is 23.7 Å². The second-order valence-corrected chi connectivity index (χ2v) is 15.6. The predicted octanol–water partition coefficient (Wildman–Crippen LogP) is 6.25. The van der Waals surface area contributed by atoms with Gasteiger partial charge in [-0.1, -0.05) is 33.8 Å². The fourth-order valence-electron chi connectivity index (χ4n) is 10.2. The fraction of sp³-hybridized carbons (Fsp3) is 0.561.